The Balaban J connectivity index is 0.00000280. The van der Waals surface area contributed by atoms with E-state index in [0.29, 0.717) is 30.8 Å². The number of para-hydroxylation sites is 1. The monoisotopic (exact) mass is 425 g/mol. The zero-order valence-electron chi connectivity index (χ0n) is 15.5. The molecule has 1 heterocycles. The van der Waals surface area contributed by atoms with E-state index in [9.17, 15) is 13.2 Å². The van der Waals surface area contributed by atoms with Gasteiger partial charge in [0, 0.05) is 30.8 Å². The standard InChI is InChI=1S/C19H23N3O4S.ClH/c1-26-18-8-3-2-7-16(18)17-12-21-9-10-22(17)19(23)15-6-4-5-14(11-15)13-27(20,24)25;/h2-8,11,17,21H,9-10,12-13H2,1H3,(H2,20,24,25);1H. The molecule has 1 aliphatic rings. The molecule has 3 N–H and O–H groups in total. The first-order chi connectivity index (χ1) is 12.9. The summed E-state index contributed by atoms with van der Waals surface area (Å²) in [5.41, 5.74) is 1.87. The van der Waals surface area contributed by atoms with Crippen LogP contribution in [0.2, 0.25) is 0 Å². The van der Waals surface area contributed by atoms with Crippen LogP contribution in [0, 0.1) is 0 Å². The van der Waals surface area contributed by atoms with Crippen molar-refractivity contribution in [2.75, 3.05) is 26.7 Å². The van der Waals surface area contributed by atoms with Crippen LogP contribution in [0.4, 0.5) is 0 Å². The van der Waals surface area contributed by atoms with Gasteiger partial charge in [0.25, 0.3) is 5.91 Å². The van der Waals surface area contributed by atoms with E-state index in [4.69, 9.17) is 9.88 Å². The van der Waals surface area contributed by atoms with E-state index >= 15 is 0 Å². The SMILES string of the molecule is COc1ccccc1C1CNCCN1C(=O)c1cccc(CS(N)(=O)=O)c1.Cl. The molecule has 1 atom stereocenters. The number of carbonyl (C=O) groups excluding carboxylic acids is 1. The molecule has 0 bridgehead atoms. The Labute approximate surface area is 171 Å². The highest BCUT2D eigenvalue weighted by molar-refractivity contribution is 7.88. The van der Waals surface area contributed by atoms with E-state index in [-0.39, 0.29) is 30.1 Å². The summed E-state index contributed by atoms with van der Waals surface area (Å²) in [6.07, 6.45) is 0. The lowest BCUT2D eigenvalue weighted by Crippen LogP contribution is -2.48. The first kappa shape index (κ1) is 22.2. The lowest BCUT2D eigenvalue weighted by atomic mass is 10.0. The summed E-state index contributed by atoms with van der Waals surface area (Å²) in [7, 11) is -2.05. The molecule has 0 aromatic heterocycles. The van der Waals surface area contributed by atoms with Gasteiger partial charge in [-0.3, -0.25) is 4.79 Å². The van der Waals surface area contributed by atoms with Crippen molar-refractivity contribution < 1.29 is 17.9 Å². The fourth-order valence-corrected chi connectivity index (χ4v) is 4.00. The molecular formula is C19H24ClN3O4S. The molecule has 152 valence electrons. The number of hydrogen-bond acceptors (Lipinski definition) is 5. The third-order valence-electron chi connectivity index (χ3n) is 4.54. The van der Waals surface area contributed by atoms with Crippen molar-refractivity contribution in [2.45, 2.75) is 11.8 Å². The van der Waals surface area contributed by atoms with Crippen LogP contribution in [0.5, 0.6) is 5.75 Å². The van der Waals surface area contributed by atoms with Gasteiger partial charge in [0.05, 0.1) is 18.9 Å². The number of sulfonamides is 1. The van der Waals surface area contributed by atoms with Gasteiger partial charge < -0.3 is 15.0 Å². The van der Waals surface area contributed by atoms with Gasteiger partial charge in [-0.05, 0) is 23.8 Å². The number of rotatable bonds is 5. The van der Waals surface area contributed by atoms with Gasteiger partial charge >= 0.3 is 0 Å². The Morgan fingerprint density at radius 3 is 2.71 bits per heavy atom. The summed E-state index contributed by atoms with van der Waals surface area (Å²) in [4.78, 5) is 15.0. The quantitative estimate of drug-likeness (QED) is 0.759. The largest absolute Gasteiger partial charge is 0.496 e. The molecule has 1 saturated heterocycles. The van der Waals surface area contributed by atoms with E-state index in [1.165, 1.54) is 0 Å². The van der Waals surface area contributed by atoms with Crippen LogP contribution >= 0.6 is 12.4 Å². The first-order valence-electron chi connectivity index (χ1n) is 8.63. The number of primary sulfonamides is 1. The zero-order valence-corrected chi connectivity index (χ0v) is 17.1. The summed E-state index contributed by atoms with van der Waals surface area (Å²) < 4.78 is 28.2. The molecule has 1 unspecified atom stereocenters. The minimum Gasteiger partial charge on any atom is -0.496 e. The summed E-state index contributed by atoms with van der Waals surface area (Å²) in [6.45, 7) is 1.85. The lowest BCUT2D eigenvalue weighted by Gasteiger charge is -2.37. The number of piperazine rings is 1. The fraction of sp³-hybridized carbons (Fsp3) is 0.316. The number of nitrogens with zero attached hydrogens (tertiary/aromatic N) is 1. The predicted molar refractivity (Wildman–Crippen MR) is 110 cm³/mol. The molecule has 1 amide bonds. The van der Waals surface area contributed by atoms with Crippen molar-refractivity contribution in [1.29, 1.82) is 0 Å². The van der Waals surface area contributed by atoms with Gasteiger partial charge in [0.1, 0.15) is 5.75 Å². The average Bonchev–Trinajstić information content (AvgIpc) is 2.66. The number of benzene rings is 2. The van der Waals surface area contributed by atoms with Gasteiger partial charge in [0.15, 0.2) is 0 Å². The molecule has 0 spiro atoms. The van der Waals surface area contributed by atoms with Crippen LogP contribution in [0.3, 0.4) is 0 Å². The highest BCUT2D eigenvalue weighted by Crippen LogP contribution is 2.31. The Kier molecular flexibility index (Phi) is 7.42. The average molecular weight is 426 g/mol. The molecule has 0 saturated carbocycles. The normalized spacial score (nSPS) is 16.9. The minimum atomic E-state index is -3.66. The Hall–Kier alpha value is -2.13. The molecule has 0 aliphatic carbocycles. The Morgan fingerprint density at radius 1 is 1.25 bits per heavy atom. The number of nitrogens with two attached hydrogens (primary N) is 1. The number of carbonyl (C=O) groups is 1. The van der Waals surface area contributed by atoms with Crippen LogP contribution in [0.25, 0.3) is 0 Å². The predicted octanol–water partition coefficient (Wildman–Crippen LogP) is 1.69. The van der Waals surface area contributed by atoms with Gasteiger partial charge in [-0.2, -0.15) is 0 Å². The minimum absolute atomic E-state index is 0. The summed E-state index contributed by atoms with van der Waals surface area (Å²) in [5.74, 6) is 0.279. The summed E-state index contributed by atoms with van der Waals surface area (Å²) in [6, 6.07) is 14.1. The zero-order chi connectivity index (χ0) is 19.4. The van der Waals surface area contributed by atoms with Gasteiger partial charge in [0.2, 0.25) is 10.0 Å². The Morgan fingerprint density at radius 2 is 2.00 bits per heavy atom. The number of amides is 1. The molecule has 3 rings (SSSR count). The molecular weight excluding hydrogens is 402 g/mol. The van der Waals surface area contributed by atoms with Crippen LogP contribution < -0.4 is 15.2 Å². The molecule has 28 heavy (non-hydrogen) atoms. The molecule has 1 aliphatic heterocycles. The van der Waals surface area contributed by atoms with Crippen molar-refractivity contribution >= 4 is 28.3 Å². The maximum atomic E-state index is 13.2. The smallest absolute Gasteiger partial charge is 0.254 e. The lowest BCUT2D eigenvalue weighted by molar-refractivity contribution is 0.0631. The number of ether oxygens (including phenoxy) is 1. The first-order valence-corrected chi connectivity index (χ1v) is 10.3. The van der Waals surface area contributed by atoms with Crippen LogP contribution in [-0.2, 0) is 15.8 Å². The molecule has 2 aromatic carbocycles. The third kappa shape index (κ3) is 5.23. The fourth-order valence-electron chi connectivity index (χ4n) is 3.36. The maximum Gasteiger partial charge on any atom is 0.254 e. The Bertz CT molecular complexity index is 936. The topological polar surface area (TPSA) is 102 Å². The highest BCUT2D eigenvalue weighted by atomic mass is 35.5. The maximum absolute atomic E-state index is 13.2. The van der Waals surface area contributed by atoms with E-state index in [2.05, 4.69) is 5.32 Å². The second kappa shape index (κ2) is 9.38. The second-order valence-corrected chi connectivity index (χ2v) is 8.08. The number of nitrogens with one attached hydrogen (secondary N) is 1. The van der Waals surface area contributed by atoms with Crippen LogP contribution in [0.1, 0.15) is 27.5 Å². The van der Waals surface area contributed by atoms with E-state index in [1.54, 1.807) is 36.3 Å². The van der Waals surface area contributed by atoms with Crippen molar-refractivity contribution in [2.24, 2.45) is 5.14 Å². The molecule has 2 aromatic rings. The van der Waals surface area contributed by atoms with Crippen molar-refractivity contribution in [3.8, 4) is 5.75 Å². The third-order valence-corrected chi connectivity index (χ3v) is 5.28. The van der Waals surface area contributed by atoms with E-state index in [1.807, 2.05) is 24.3 Å². The van der Waals surface area contributed by atoms with Crippen molar-refractivity contribution in [3.63, 3.8) is 0 Å². The second-order valence-electron chi connectivity index (χ2n) is 6.47. The van der Waals surface area contributed by atoms with Crippen molar-refractivity contribution in [3.05, 3.63) is 65.2 Å². The molecule has 0 radical (unpaired) electrons. The van der Waals surface area contributed by atoms with Gasteiger partial charge in [-0.1, -0.05) is 30.3 Å². The van der Waals surface area contributed by atoms with E-state index < -0.39 is 10.0 Å². The van der Waals surface area contributed by atoms with Crippen LogP contribution in [-0.4, -0.2) is 46.0 Å². The van der Waals surface area contributed by atoms with E-state index in [0.717, 1.165) is 11.3 Å². The van der Waals surface area contributed by atoms with Crippen LogP contribution in [0.15, 0.2) is 48.5 Å². The number of halogens is 1. The molecule has 1 fully saturated rings. The molecule has 9 heteroatoms. The number of hydrogen-bond donors (Lipinski definition) is 2. The molecule has 7 nitrogen and oxygen atoms in total. The van der Waals surface area contributed by atoms with Crippen molar-refractivity contribution in [1.82, 2.24) is 10.2 Å². The summed E-state index contributed by atoms with van der Waals surface area (Å²) >= 11 is 0. The van der Waals surface area contributed by atoms with Gasteiger partial charge in [-0.25, -0.2) is 13.6 Å². The van der Waals surface area contributed by atoms with Gasteiger partial charge in [-0.15, -0.1) is 12.4 Å². The summed E-state index contributed by atoms with van der Waals surface area (Å²) in [5, 5.41) is 8.44. The highest BCUT2D eigenvalue weighted by Gasteiger charge is 2.30. The number of methoxy groups -OCH3 is 1.